The highest BCUT2D eigenvalue weighted by molar-refractivity contribution is 7.81. The van der Waals surface area contributed by atoms with Gasteiger partial charge in [0.1, 0.15) is 10.7 Å². The Bertz CT molecular complexity index is 780. The fourth-order valence-corrected chi connectivity index (χ4v) is 4.00. The summed E-state index contributed by atoms with van der Waals surface area (Å²) < 4.78 is 11.7. The van der Waals surface area contributed by atoms with E-state index in [1.807, 2.05) is 26.0 Å². The lowest BCUT2D eigenvalue weighted by Crippen LogP contribution is -2.21. The van der Waals surface area contributed by atoms with E-state index in [-0.39, 0.29) is 0 Å². The van der Waals surface area contributed by atoms with Gasteiger partial charge < -0.3 is 14.8 Å². The number of halogens is 1. The van der Waals surface area contributed by atoms with Crippen LogP contribution >= 0.6 is 23.8 Å². The Balaban J connectivity index is 1.63. The lowest BCUT2D eigenvalue weighted by Gasteiger charge is -2.22. The van der Waals surface area contributed by atoms with Crippen LogP contribution in [0.5, 0.6) is 5.75 Å². The third-order valence-corrected chi connectivity index (χ3v) is 5.41. The lowest BCUT2D eigenvalue weighted by molar-refractivity contribution is 0.00404. The molecule has 1 fully saturated rings. The van der Waals surface area contributed by atoms with Crippen LogP contribution in [0.25, 0.3) is 0 Å². The summed E-state index contributed by atoms with van der Waals surface area (Å²) in [5.41, 5.74) is 3.92. The SMILES string of the molecule is Cc1cc(OCC[C@H]2CCCCO2)cc(C)c1C(=S)Nc1c[c]ccc1Cl. The molecule has 3 nitrogen and oxygen atoms in total. The lowest BCUT2D eigenvalue weighted by atomic mass is 10.0. The van der Waals surface area contributed by atoms with Gasteiger partial charge in [0.15, 0.2) is 0 Å². The minimum absolute atomic E-state index is 0.337. The van der Waals surface area contributed by atoms with Gasteiger partial charge in [-0.25, -0.2) is 0 Å². The molecule has 1 aliphatic rings. The molecule has 1 atom stereocenters. The molecule has 1 heterocycles. The molecule has 2 aromatic rings. The highest BCUT2D eigenvalue weighted by Crippen LogP contribution is 2.26. The maximum absolute atomic E-state index is 6.21. The molecule has 0 aromatic heterocycles. The first-order chi connectivity index (χ1) is 13.0. The van der Waals surface area contributed by atoms with Gasteiger partial charge in [-0.15, -0.1) is 0 Å². The molecule has 0 aliphatic carbocycles. The highest BCUT2D eigenvalue weighted by atomic mass is 35.5. The average molecular weight is 403 g/mol. The van der Waals surface area contributed by atoms with Gasteiger partial charge in [-0.1, -0.05) is 29.9 Å². The van der Waals surface area contributed by atoms with Crippen LogP contribution in [0.15, 0.2) is 30.3 Å². The van der Waals surface area contributed by atoms with Crippen LogP contribution in [0.4, 0.5) is 5.69 Å². The molecule has 1 N–H and O–H groups in total. The van der Waals surface area contributed by atoms with E-state index in [0.29, 0.717) is 22.7 Å². The van der Waals surface area contributed by atoms with E-state index in [1.54, 1.807) is 18.2 Å². The van der Waals surface area contributed by atoms with Gasteiger partial charge in [-0.05, 0) is 74.6 Å². The number of rotatable bonds is 6. The zero-order chi connectivity index (χ0) is 19.2. The number of hydrogen-bond donors (Lipinski definition) is 1. The first kappa shape index (κ1) is 20.1. The molecule has 0 spiro atoms. The van der Waals surface area contributed by atoms with Crippen molar-refractivity contribution in [1.82, 2.24) is 0 Å². The zero-order valence-electron chi connectivity index (χ0n) is 15.8. The molecule has 0 bridgehead atoms. The molecule has 5 heteroatoms. The fraction of sp³-hybridized carbons (Fsp3) is 0.409. The summed E-state index contributed by atoms with van der Waals surface area (Å²) in [5, 5.41) is 3.85. The molecule has 1 aliphatic heterocycles. The summed E-state index contributed by atoms with van der Waals surface area (Å²) in [7, 11) is 0. The summed E-state index contributed by atoms with van der Waals surface area (Å²) >= 11 is 11.8. The Morgan fingerprint density at radius 1 is 1.33 bits per heavy atom. The van der Waals surface area contributed by atoms with Gasteiger partial charge in [0, 0.05) is 18.6 Å². The zero-order valence-corrected chi connectivity index (χ0v) is 17.4. The third kappa shape index (κ3) is 5.44. The summed E-state index contributed by atoms with van der Waals surface area (Å²) in [5.74, 6) is 0.874. The number of aryl methyl sites for hydroxylation is 2. The molecular formula is C22H25ClNO2S. The van der Waals surface area contributed by atoms with Crippen LogP contribution in [-0.4, -0.2) is 24.3 Å². The summed E-state index contributed by atoms with van der Waals surface area (Å²) in [6.07, 6.45) is 4.84. The minimum atomic E-state index is 0.337. The van der Waals surface area contributed by atoms with Crippen LogP contribution < -0.4 is 10.1 Å². The molecule has 1 radical (unpaired) electrons. The Labute approximate surface area is 172 Å². The quantitative estimate of drug-likeness (QED) is 0.611. The average Bonchev–Trinajstić information content (AvgIpc) is 2.64. The van der Waals surface area contributed by atoms with Gasteiger partial charge in [0.2, 0.25) is 0 Å². The Morgan fingerprint density at radius 3 is 2.78 bits per heavy atom. The van der Waals surface area contributed by atoms with Crippen molar-refractivity contribution in [3.05, 3.63) is 58.1 Å². The number of anilines is 1. The standard InChI is InChI=1S/C22H25ClNO2S/c1-15-13-18(26-12-10-17-7-5-6-11-25-17)14-16(2)21(15)22(27)24-20-9-4-3-8-19(20)23/h3,8-9,13-14,17H,5-7,10-12H2,1-2H3,(H,24,27)/t17-/m1/s1. The molecule has 27 heavy (non-hydrogen) atoms. The van der Waals surface area contributed by atoms with Crippen molar-refractivity contribution >= 4 is 34.5 Å². The second kappa shape index (κ2) is 9.54. The van der Waals surface area contributed by atoms with Gasteiger partial charge in [0.05, 0.1) is 23.4 Å². The number of ether oxygens (including phenoxy) is 2. The van der Waals surface area contributed by atoms with E-state index in [0.717, 1.165) is 47.6 Å². The van der Waals surface area contributed by atoms with Crippen LogP contribution in [0.3, 0.4) is 0 Å². The topological polar surface area (TPSA) is 30.5 Å². The van der Waals surface area contributed by atoms with E-state index in [4.69, 9.17) is 33.3 Å². The second-order valence-corrected chi connectivity index (χ2v) is 7.73. The number of thiocarbonyl (C=S) groups is 1. The van der Waals surface area contributed by atoms with Crippen molar-refractivity contribution in [3.8, 4) is 5.75 Å². The van der Waals surface area contributed by atoms with Crippen molar-refractivity contribution in [2.45, 2.75) is 45.6 Å². The van der Waals surface area contributed by atoms with Crippen molar-refractivity contribution in [2.24, 2.45) is 0 Å². The van der Waals surface area contributed by atoms with Crippen molar-refractivity contribution in [1.29, 1.82) is 0 Å². The monoisotopic (exact) mass is 402 g/mol. The molecule has 1 saturated heterocycles. The molecule has 0 amide bonds. The first-order valence-corrected chi connectivity index (χ1v) is 10.2. The largest absolute Gasteiger partial charge is 0.493 e. The molecule has 143 valence electrons. The Hall–Kier alpha value is -1.62. The number of hydrogen-bond acceptors (Lipinski definition) is 3. The highest BCUT2D eigenvalue weighted by Gasteiger charge is 2.15. The number of benzene rings is 2. The van der Waals surface area contributed by atoms with Crippen LogP contribution in [-0.2, 0) is 4.74 Å². The number of nitrogens with one attached hydrogen (secondary N) is 1. The first-order valence-electron chi connectivity index (χ1n) is 9.37. The maximum Gasteiger partial charge on any atom is 0.119 e. The van der Waals surface area contributed by atoms with Crippen molar-refractivity contribution < 1.29 is 9.47 Å². The van der Waals surface area contributed by atoms with E-state index in [9.17, 15) is 0 Å². The fourth-order valence-electron chi connectivity index (χ4n) is 3.40. The van der Waals surface area contributed by atoms with Crippen LogP contribution in [0.1, 0.15) is 42.4 Å². The van der Waals surface area contributed by atoms with Gasteiger partial charge >= 0.3 is 0 Å². The van der Waals surface area contributed by atoms with Crippen molar-refractivity contribution in [3.63, 3.8) is 0 Å². The van der Waals surface area contributed by atoms with E-state index < -0.39 is 0 Å². The summed E-state index contributed by atoms with van der Waals surface area (Å²) in [6.45, 7) is 5.64. The smallest absolute Gasteiger partial charge is 0.119 e. The normalized spacial score (nSPS) is 16.8. The van der Waals surface area contributed by atoms with Crippen LogP contribution in [0, 0.1) is 19.9 Å². The second-order valence-electron chi connectivity index (χ2n) is 6.92. The van der Waals surface area contributed by atoms with Crippen molar-refractivity contribution in [2.75, 3.05) is 18.5 Å². The van der Waals surface area contributed by atoms with E-state index in [2.05, 4.69) is 11.4 Å². The Kier molecular flexibility index (Phi) is 7.11. The maximum atomic E-state index is 6.21. The third-order valence-electron chi connectivity index (χ3n) is 4.77. The molecule has 2 aromatic carbocycles. The van der Waals surface area contributed by atoms with Gasteiger partial charge in [-0.3, -0.25) is 0 Å². The van der Waals surface area contributed by atoms with Gasteiger partial charge in [-0.2, -0.15) is 0 Å². The molecule has 0 unspecified atom stereocenters. The van der Waals surface area contributed by atoms with E-state index >= 15 is 0 Å². The summed E-state index contributed by atoms with van der Waals surface area (Å²) in [6, 6.07) is 12.4. The minimum Gasteiger partial charge on any atom is -0.493 e. The predicted molar refractivity (Wildman–Crippen MR) is 115 cm³/mol. The van der Waals surface area contributed by atoms with Gasteiger partial charge in [0.25, 0.3) is 0 Å². The van der Waals surface area contributed by atoms with E-state index in [1.165, 1.54) is 12.8 Å². The molecular weight excluding hydrogens is 378 g/mol. The molecule has 3 rings (SSSR count). The summed E-state index contributed by atoms with van der Waals surface area (Å²) in [4.78, 5) is 0.647. The van der Waals surface area contributed by atoms with Crippen LogP contribution in [0.2, 0.25) is 5.02 Å². The molecule has 0 saturated carbocycles. The Morgan fingerprint density at radius 2 is 2.11 bits per heavy atom. The predicted octanol–water partition coefficient (Wildman–Crippen LogP) is 5.88.